The molecule has 4 heteroatoms. The van der Waals surface area contributed by atoms with Crippen molar-refractivity contribution in [2.45, 2.75) is 32.4 Å². The summed E-state index contributed by atoms with van der Waals surface area (Å²) in [6, 6.07) is 9.86. The summed E-state index contributed by atoms with van der Waals surface area (Å²) in [5, 5.41) is 0. The molecule has 3 nitrogen and oxygen atoms in total. The Balaban J connectivity index is 2.90. The van der Waals surface area contributed by atoms with Gasteiger partial charge < -0.3 is 4.74 Å². The summed E-state index contributed by atoms with van der Waals surface area (Å²) < 4.78 is 5.25. The Hall–Kier alpha value is -1.00. The molecular formula is C16H25NO2S. The van der Waals surface area contributed by atoms with Gasteiger partial charge in [0, 0.05) is 6.04 Å². The van der Waals surface area contributed by atoms with Crippen molar-refractivity contribution in [2.24, 2.45) is 0 Å². The van der Waals surface area contributed by atoms with Crippen LogP contribution in [-0.2, 0) is 9.53 Å². The molecule has 0 aliphatic heterocycles. The van der Waals surface area contributed by atoms with Gasteiger partial charge in [-0.3, -0.25) is 4.90 Å². The molecular weight excluding hydrogens is 270 g/mol. The number of hydrogen-bond acceptors (Lipinski definition) is 4. The summed E-state index contributed by atoms with van der Waals surface area (Å²) in [6.07, 6.45) is 3.16. The molecule has 2 atom stereocenters. The molecule has 0 saturated heterocycles. The number of esters is 1. The molecule has 20 heavy (non-hydrogen) atoms. The molecule has 0 aliphatic rings. The first-order valence-corrected chi connectivity index (χ1v) is 8.43. The number of hydrogen-bond donors (Lipinski definition) is 0. The maximum atomic E-state index is 12.3. The highest BCUT2D eigenvalue weighted by atomic mass is 32.2. The number of thioether (sulfide) groups is 1. The van der Waals surface area contributed by atoms with E-state index in [2.05, 4.69) is 18.1 Å². The van der Waals surface area contributed by atoms with Crippen molar-refractivity contribution in [1.82, 2.24) is 4.90 Å². The van der Waals surface area contributed by atoms with E-state index < -0.39 is 0 Å². The van der Waals surface area contributed by atoms with E-state index in [9.17, 15) is 4.79 Å². The maximum Gasteiger partial charge on any atom is 0.327 e. The van der Waals surface area contributed by atoms with Crippen LogP contribution < -0.4 is 0 Å². The minimum atomic E-state index is -0.326. The molecule has 0 bridgehead atoms. The molecule has 0 amide bonds. The molecule has 0 saturated carbocycles. The Kier molecular flexibility index (Phi) is 7.70. The second-order valence-corrected chi connectivity index (χ2v) is 5.85. The Morgan fingerprint density at radius 1 is 1.35 bits per heavy atom. The zero-order valence-corrected chi connectivity index (χ0v) is 13.7. The van der Waals surface area contributed by atoms with Gasteiger partial charge in [-0.25, -0.2) is 4.79 Å². The molecule has 0 radical (unpaired) electrons. The van der Waals surface area contributed by atoms with Crippen LogP contribution in [-0.4, -0.2) is 42.6 Å². The van der Waals surface area contributed by atoms with Crippen molar-refractivity contribution >= 4 is 17.7 Å². The maximum absolute atomic E-state index is 12.3. The first-order valence-electron chi connectivity index (χ1n) is 7.04. The molecule has 1 aromatic carbocycles. The van der Waals surface area contributed by atoms with Crippen molar-refractivity contribution in [3.8, 4) is 0 Å². The first kappa shape index (κ1) is 17.1. The van der Waals surface area contributed by atoms with Gasteiger partial charge in [0.25, 0.3) is 0 Å². The molecule has 0 fully saturated rings. The third-order valence-corrected chi connectivity index (χ3v) is 4.11. The Labute approximate surface area is 126 Å². The fourth-order valence-electron chi connectivity index (χ4n) is 2.14. The van der Waals surface area contributed by atoms with Gasteiger partial charge in [0.2, 0.25) is 0 Å². The van der Waals surface area contributed by atoms with Gasteiger partial charge in [-0.05, 0) is 44.9 Å². The molecule has 2 unspecified atom stereocenters. The lowest BCUT2D eigenvalue weighted by atomic mass is 10.0. The topological polar surface area (TPSA) is 29.5 Å². The number of carbonyl (C=O) groups excluding carboxylic acids is 1. The van der Waals surface area contributed by atoms with E-state index in [4.69, 9.17) is 4.74 Å². The lowest BCUT2D eigenvalue weighted by molar-refractivity contribution is -0.150. The molecule has 112 valence electrons. The molecule has 0 aliphatic carbocycles. The Morgan fingerprint density at radius 2 is 2.00 bits per heavy atom. The quantitative estimate of drug-likeness (QED) is 0.688. The summed E-state index contributed by atoms with van der Waals surface area (Å²) in [5.74, 6) is 0.924. The van der Waals surface area contributed by atoms with Crippen molar-refractivity contribution < 1.29 is 9.53 Å². The van der Waals surface area contributed by atoms with E-state index in [1.54, 1.807) is 0 Å². The molecule has 0 N–H and O–H groups in total. The summed E-state index contributed by atoms with van der Waals surface area (Å²) in [7, 11) is 2.00. The minimum Gasteiger partial charge on any atom is -0.465 e. The zero-order chi connectivity index (χ0) is 15.0. The number of carbonyl (C=O) groups is 1. The van der Waals surface area contributed by atoms with Crippen molar-refractivity contribution in [2.75, 3.05) is 25.7 Å². The van der Waals surface area contributed by atoms with Crippen LogP contribution in [0.3, 0.4) is 0 Å². The van der Waals surface area contributed by atoms with Crippen molar-refractivity contribution in [1.29, 1.82) is 0 Å². The van der Waals surface area contributed by atoms with E-state index in [1.165, 1.54) is 0 Å². The molecule has 0 aromatic heterocycles. The number of ether oxygens (including phenoxy) is 1. The van der Waals surface area contributed by atoms with Crippen molar-refractivity contribution in [3.05, 3.63) is 35.9 Å². The van der Waals surface area contributed by atoms with Gasteiger partial charge in [-0.1, -0.05) is 30.3 Å². The summed E-state index contributed by atoms with van der Waals surface area (Å²) in [6.45, 7) is 4.41. The molecule has 1 rings (SSSR count). The molecule has 0 heterocycles. The Bertz CT molecular complexity index is 397. The fourth-order valence-corrected chi connectivity index (χ4v) is 2.72. The van der Waals surface area contributed by atoms with Crippen LogP contribution in [0.5, 0.6) is 0 Å². The van der Waals surface area contributed by atoms with E-state index >= 15 is 0 Å². The fraction of sp³-hybridized carbons (Fsp3) is 0.562. The van der Waals surface area contributed by atoms with Crippen LogP contribution >= 0.6 is 11.8 Å². The zero-order valence-electron chi connectivity index (χ0n) is 12.8. The predicted octanol–water partition coefficient (Wildman–Crippen LogP) is 3.36. The van der Waals surface area contributed by atoms with Crippen molar-refractivity contribution in [3.63, 3.8) is 0 Å². The lowest BCUT2D eigenvalue weighted by Crippen LogP contribution is -2.38. The van der Waals surface area contributed by atoms with Crippen LogP contribution in [0.25, 0.3) is 0 Å². The third-order valence-electron chi connectivity index (χ3n) is 3.47. The average Bonchev–Trinajstić information content (AvgIpc) is 2.46. The highest BCUT2D eigenvalue weighted by molar-refractivity contribution is 7.98. The number of nitrogens with zero attached hydrogens (tertiary/aromatic N) is 1. The smallest absolute Gasteiger partial charge is 0.327 e. The lowest BCUT2D eigenvalue weighted by Gasteiger charge is -2.31. The van der Waals surface area contributed by atoms with E-state index in [-0.39, 0.29) is 12.0 Å². The minimum absolute atomic E-state index is 0.169. The average molecular weight is 295 g/mol. The largest absolute Gasteiger partial charge is 0.465 e. The van der Waals surface area contributed by atoms with E-state index in [0.717, 1.165) is 17.7 Å². The number of likely N-dealkylation sites (N-methyl/N-ethyl adjacent to an activating group) is 1. The van der Waals surface area contributed by atoms with Crippen LogP contribution in [0.4, 0.5) is 0 Å². The second kappa shape index (κ2) is 9.03. The predicted molar refractivity (Wildman–Crippen MR) is 86.0 cm³/mol. The van der Waals surface area contributed by atoms with E-state index in [0.29, 0.717) is 12.6 Å². The second-order valence-electron chi connectivity index (χ2n) is 4.86. The van der Waals surface area contributed by atoms with E-state index in [1.807, 2.05) is 56.1 Å². The van der Waals surface area contributed by atoms with Gasteiger partial charge in [0.15, 0.2) is 0 Å². The first-order chi connectivity index (χ1) is 9.61. The summed E-state index contributed by atoms with van der Waals surface area (Å²) in [5.41, 5.74) is 0.990. The summed E-state index contributed by atoms with van der Waals surface area (Å²) in [4.78, 5) is 14.4. The normalized spacial score (nSPS) is 14.1. The number of benzene rings is 1. The van der Waals surface area contributed by atoms with Crippen LogP contribution in [0.15, 0.2) is 30.3 Å². The van der Waals surface area contributed by atoms with Gasteiger partial charge in [-0.15, -0.1) is 0 Å². The SMILES string of the molecule is CCOC(=O)C(c1ccccc1)N(C)C(C)CCSC. The molecule has 0 spiro atoms. The van der Waals surface area contributed by atoms with Gasteiger partial charge in [0.1, 0.15) is 6.04 Å². The van der Waals surface area contributed by atoms with Crippen LogP contribution in [0.2, 0.25) is 0 Å². The third kappa shape index (κ3) is 4.84. The standard InChI is InChI=1S/C16H25NO2S/c1-5-19-16(18)15(14-9-7-6-8-10-14)17(3)13(2)11-12-20-4/h6-10,13,15H,5,11-12H2,1-4H3. The summed E-state index contributed by atoms with van der Waals surface area (Å²) >= 11 is 1.83. The molecule has 1 aromatic rings. The van der Waals surface area contributed by atoms with Crippen LogP contribution in [0.1, 0.15) is 31.9 Å². The van der Waals surface area contributed by atoms with Gasteiger partial charge in [0.05, 0.1) is 6.61 Å². The highest BCUT2D eigenvalue weighted by Gasteiger charge is 2.29. The highest BCUT2D eigenvalue weighted by Crippen LogP contribution is 2.24. The van der Waals surface area contributed by atoms with Gasteiger partial charge >= 0.3 is 5.97 Å². The number of rotatable bonds is 8. The van der Waals surface area contributed by atoms with Crippen LogP contribution in [0, 0.1) is 0 Å². The Morgan fingerprint density at radius 3 is 2.55 bits per heavy atom. The monoisotopic (exact) mass is 295 g/mol. The van der Waals surface area contributed by atoms with Gasteiger partial charge in [-0.2, -0.15) is 11.8 Å².